The fraction of sp³-hybridized carbons (Fsp3) is 0.136. The average Bonchev–Trinajstić information content (AvgIpc) is 3.15. The van der Waals surface area contributed by atoms with E-state index in [-0.39, 0.29) is 5.95 Å². The second-order valence-electron chi connectivity index (χ2n) is 7.02. The normalized spacial score (nSPS) is 11.0. The Morgan fingerprint density at radius 3 is 2.73 bits per heavy atom. The van der Waals surface area contributed by atoms with Crippen molar-refractivity contribution in [1.29, 1.82) is 5.41 Å². The maximum atomic E-state index is 7.76. The van der Waals surface area contributed by atoms with Gasteiger partial charge in [-0.15, -0.1) is 0 Å². The summed E-state index contributed by atoms with van der Waals surface area (Å²) in [5, 5.41) is 12.1. The topological polar surface area (TPSA) is 145 Å². The summed E-state index contributed by atoms with van der Waals surface area (Å²) in [6.45, 7) is 1.55. The molecule has 152 valence electrons. The van der Waals surface area contributed by atoms with Gasteiger partial charge in [-0.25, -0.2) is 4.98 Å². The van der Waals surface area contributed by atoms with Crippen LogP contribution >= 0.6 is 0 Å². The Kier molecular flexibility index (Phi) is 5.32. The van der Waals surface area contributed by atoms with E-state index in [9.17, 15) is 0 Å². The molecule has 0 atom stereocenters. The smallest absolute Gasteiger partial charge is 0.221 e. The Morgan fingerprint density at radius 1 is 1.10 bits per heavy atom. The van der Waals surface area contributed by atoms with Crippen molar-refractivity contribution in [1.82, 2.24) is 14.5 Å². The van der Waals surface area contributed by atoms with Crippen LogP contribution in [0.2, 0.25) is 0 Å². The van der Waals surface area contributed by atoms with E-state index in [0.717, 1.165) is 40.7 Å². The van der Waals surface area contributed by atoms with E-state index in [1.807, 2.05) is 18.2 Å². The van der Waals surface area contributed by atoms with Crippen molar-refractivity contribution in [3.8, 4) is 11.1 Å². The Labute approximate surface area is 174 Å². The molecule has 2 heterocycles. The first-order valence-corrected chi connectivity index (χ1v) is 9.68. The lowest BCUT2D eigenvalue weighted by Gasteiger charge is -2.14. The molecule has 4 rings (SSSR count). The van der Waals surface area contributed by atoms with Crippen LogP contribution in [-0.2, 0) is 6.54 Å². The number of benzene rings is 2. The van der Waals surface area contributed by atoms with Gasteiger partial charge in [-0.3, -0.25) is 0 Å². The molecular weight excluding hydrogens is 376 g/mol. The molecule has 8 nitrogen and oxygen atoms in total. The summed E-state index contributed by atoms with van der Waals surface area (Å²) in [6.07, 6.45) is 5.85. The predicted molar refractivity (Wildman–Crippen MR) is 123 cm³/mol. The zero-order valence-corrected chi connectivity index (χ0v) is 16.5. The Hall–Kier alpha value is -3.91. The molecule has 0 fully saturated rings. The SMILES string of the molecule is N=Cc1cc(Nc2ccnc(N)n2)cc(-c2ccc3c(ccn3CCCN)c2)c1N. The van der Waals surface area contributed by atoms with Gasteiger partial charge < -0.3 is 32.5 Å². The molecule has 8 heteroatoms. The van der Waals surface area contributed by atoms with Gasteiger partial charge in [0, 0.05) is 58.6 Å². The average molecular weight is 400 g/mol. The van der Waals surface area contributed by atoms with Gasteiger partial charge in [0.1, 0.15) is 5.82 Å². The van der Waals surface area contributed by atoms with Crippen LogP contribution in [0.4, 0.5) is 23.1 Å². The Bertz CT molecular complexity index is 1210. The van der Waals surface area contributed by atoms with Crippen LogP contribution in [0.25, 0.3) is 22.0 Å². The van der Waals surface area contributed by atoms with Crippen LogP contribution in [0.5, 0.6) is 0 Å². The number of aromatic nitrogens is 3. The lowest BCUT2D eigenvalue weighted by Crippen LogP contribution is -2.04. The van der Waals surface area contributed by atoms with Gasteiger partial charge in [0.25, 0.3) is 0 Å². The molecule has 8 N–H and O–H groups in total. The molecule has 0 unspecified atom stereocenters. The largest absolute Gasteiger partial charge is 0.398 e. The summed E-state index contributed by atoms with van der Waals surface area (Å²) < 4.78 is 2.20. The van der Waals surface area contributed by atoms with Crippen molar-refractivity contribution >= 4 is 40.3 Å². The Balaban J connectivity index is 1.74. The zero-order chi connectivity index (χ0) is 21.1. The van der Waals surface area contributed by atoms with Crippen LogP contribution < -0.4 is 22.5 Å². The molecule has 2 aromatic carbocycles. The maximum Gasteiger partial charge on any atom is 0.221 e. The monoisotopic (exact) mass is 400 g/mol. The molecule has 0 aliphatic heterocycles. The fourth-order valence-electron chi connectivity index (χ4n) is 3.52. The number of hydrogen-bond acceptors (Lipinski definition) is 7. The predicted octanol–water partition coefficient (Wildman–Crippen LogP) is 3.35. The minimum absolute atomic E-state index is 0.188. The molecule has 4 aromatic rings. The van der Waals surface area contributed by atoms with Gasteiger partial charge in [0.2, 0.25) is 5.95 Å². The minimum atomic E-state index is 0.188. The molecule has 0 bridgehead atoms. The van der Waals surface area contributed by atoms with Gasteiger partial charge in [-0.05, 0) is 54.9 Å². The molecule has 0 radical (unpaired) electrons. The Morgan fingerprint density at radius 2 is 1.97 bits per heavy atom. The van der Waals surface area contributed by atoms with E-state index in [1.54, 1.807) is 12.3 Å². The number of aryl methyl sites for hydroxylation is 1. The third-order valence-electron chi connectivity index (χ3n) is 5.00. The number of nitrogens with zero attached hydrogens (tertiary/aromatic N) is 3. The number of hydrogen-bond donors (Lipinski definition) is 5. The van der Waals surface area contributed by atoms with Gasteiger partial charge in [-0.1, -0.05) is 6.07 Å². The third kappa shape index (κ3) is 3.81. The van der Waals surface area contributed by atoms with Crippen molar-refractivity contribution in [2.75, 3.05) is 23.3 Å². The molecule has 0 aliphatic carbocycles. The van der Waals surface area contributed by atoms with E-state index in [0.29, 0.717) is 23.6 Å². The second-order valence-corrected chi connectivity index (χ2v) is 7.02. The van der Waals surface area contributed by atoms with E-state index in [2.05, 4.69) is 44.2 Å². The third-order valence-corrected chi connectivity index (χ3v) is 5.00. The summed E-state index contributed by atoms with van der Waals surface area (Å²) >= 11 is 0. The first kappa shape index (κ1) is 19.4. The number of fused-ring (bicyclic) bond motifs is 1. The van der Waals surface area contributed by atoms with Crippen molar-refractivity contribution in [2.45, 2.75) is 13.0 Å². The summed E-state index contributed by atoms with van der Waals surface area (Å²) in [6, 6.07) is 13.8. The van der Waals surface area contributed by atoms with Crippen molar-refractivity contribution in [3.63, 3.8) is 0 Å². The highest BCUT2D eigenvalue weighted by Crippen LogP contribution is 2.34. The van der Waals surface area contributed by atoms with Crippen LogP contribution in [0.15, 0.2) is 54.9 Å². The van der Waals surface area contributed by atoms with E-state index in [4.69, 9.17) is 22.6 Å². The standard InChI is InChI=1S/C22H24N8/c23-6-1-8-30-9-5-15-10-14(2-3-19(15)30)18-12-17(11-16(13-24)21(18)25)28-20-4-7-27-22(26)29-20/h2-5,7,9-13,24H,1,6,8,23,25H2,(H3,26,27,28,29). The van der Waals surface area contributed by atoms with Gasteiger partial charge >= 0.3 is 0 Å². The van der Waals surface area contributed by atoms with Crippen molar-refractivity contribution in [3.05, 3.63) is 60.4 Å². The van der Waals surface area contributed by atoms with Crippen LogP contribution in [0, 0.1) is 5.41 Å². The van der Waals surface area contributed by atoms with Crippen LogP contribution in [0.3, 0.4) is 0 Å². The molecule has 2 aromatic heterocycles. The quantitative estimate of drug-likeness (QED) is 0.238. The van der Waals surface area contributed by atoms with Gasteiger partial charge in [0.05, 0.1) is 0 Å². The molecule has 0 amide bonds. The summed E-state index contributed by atoms with van der Waals surface area (Å²) in [4.78, 5) is 8.08. The first-order chi connectivity index (χ1) is 14.6. The highest BCUT2D eigenvalue weighted by atomic mass is 15.1. The summed E-state index contributed by atoms with van der Waals surface area (Å²) in [5.41, 5.74) is 22.6. The maximum absolute atomic E-state index is 7.76. The lowest BCUT2D eigenvalue weighted by molar-refractivity contribution is 0.671. The van der Waals surface area contributed by atoms with Crippen molar-refractivity contribution in [2.24, 2.45) is 5.73 Å². The molecule has 0 saturated heterocycles. The second kappa shape index (κ2) is 8.22. The van der Waals surface area contributed by atoms with E-state index < -0.39 is 0 Å². The van der Waals surface area contributed by atoms with E-state index in [1.165, 1.54) is 6.21 Å². The molecule has 0 aliphatic rings. The van der Waals surface area contributed by atoms with Crippen LogP contribution in [-0.4, -0.2) is 27.3 Å². The van der Waals surface area contributed by atoms with Crippen molar-refractivity contribution < 1.29 is 0 Å². The number of rotatable bonds is 7. The fourth-order valence-corrected chi connectivity index (χ4v) is 3.52. The molecule has 30 heavy (non-hydrogen) atoms. The minimum Gasteiger partial charge on any atom is -0.398 e. The summed E-state index contributed by atoms with van der Waals surface area (Å²) in [5.74, 6) is 0.758. The molecular formula is C22H24N8. The van der Waals surface area contributed by atoms with E-state index >= 15 is 0 Å². The number of anilines is 4. The first-order valence-electron chi connectivity index (χ1n) is 9.68. The zero-order valence-electron chi connectivity index (χ0n) is 16.5. The molecule has 0 saturated carbocycles. The number of nitrogen functional groups attached to an aromatic ring is 2. The van der Waals surface area contributed by atoms with Gasteiger partial charge in [-0.2, -0.15) is 4.98 Å². The summed E-state index contributed by atoms with van der Waals surface area (Å²) in [7, 11) is 0. The number of nitrogens with one attached hydrogen (secondary N) is 2. The van der Waals surface area contributed by atoms with Gasteiger partial charge in [0.15, 0.2) is 0 Å². The highest BCUT2D eigenvalue weighted by Gasteiger charge is 2.12. The van der Waals surface area contributed by atoms with Crippen LogP contribution in [0.1, 0.15) is 12.0 Å². The highest BCUT2D eigenvalue weighted by molar-refractivity contribution is 5.97. The lowest BCUT2D eigenvalue weighted by atomic mass is 9.98. The number of nitrogens with two attached hydrogens (primary N) is 3. The molecule has 0 spiro atoms.